The van der Waals surface area contributed by atoms with Crippen molar-refractivity contribution in [1.82, 2.24) is 0 Å². The van der Waals surface area contributed by atoms with Gasteiger partial charge in [0.25, 0.3) is 0 Å². The highest BCUT2D eigenvalue weighted by Gasteiger charge is 2.53. The minimum absolute atomic E-state index is 0.506. The molecule has 0 radical (unpaired) electrons. The summed E-state index contributed by atoms with van der Waals surface area (Å²) in [6.07, 6.45) is 0. The van der Waals surface area contributed by atoms with Crippen molar-refractivity contribution >= 4 is 0 Å². The van der Waals surface area contributed by atoms with Gasteiger partial charge in [0.1, 0.15) is 0 Å². The molecule has 0 saturated heterocycles. The van der Waals surface area contributed by atoms with E-state index in [1.54, 1.807) is 27.7 Å². The molecular formula is C14H30O7. The topological polar surface area (TPSA) is 131 Å². The van der Waals surface area contributed by atoms with Crippen molar-refractivity contribution in [2.45, 2.75) is 38.9 Å². The Labute approximate surface area is 125 Å². The van der Waals surface area contributed by atoms with E-state index in [9.17, 15) is 30.6 Å². The second-order valence-corrected chi connectivity index (χ2v) is 6.63. The van der Waals surface area contributed by atoms with Crippen molar-refractivity contribution in [1.29, 1.82) is 0 Å². The van der Waals surface area contributed by atoms with Crippen LogP contribution in [-0.2, 0) is 4.74 Å². The highest BCUT2D eigenvalue weighted by atomic mass is 16.5. The van der Waals surface area contributed by atoms with Crippen molar-refractivity contribution in [3.8, 4) is 0 Å². The summed E-state index contributed by atoms with van der Waals surface area (Å²) in [6.45, 7) is 3.33. The van der Waals surface area contributed by atoms with Gasteiger partial charge in [0, 0.05) is 0 Å². The summed E-state index contributed by atoms with van der Waals surface area (Å²) < 4.78 is 5.94. The van der Waals surface area contributed by atoms with E-state index < -0.39 is 61.7 Å². The summed E-state index contributed by atoms with van der Waals surface area (Å²) in [5.74, 6) is 0. The van der Waals surface area contributed by atoms with E-state index in [0.29, 0.717) is 0 Å². The molecule has 0 atom stereocenters. The number of rotatable bonds is 10. The Balaban J connectivity index is 5.59. The molecular weight excluding hydrogens is 280 g/mol. The molecule has 0 saturated carbocycles. The molecule has 0 aromatic rings. The van der Waals surface area contributed by atoms with Gasteiger partial charge in [0.05, 0.1) is 61.7 Å². The number of ether oxygens (including phenoxy) is 1. The van der Waals surface area contributed by atoms with E-state index >= 15 is 0 Å². The third-order valence-electron chi connectivity index (χ3n) is 4.88. The van der Waals surface area contributed by atoms with Gasteiger partial charge in [-0.2, -0.15) is 0 Å². The molecule has 7 nitrogen and oxygen atoms in total. The minimum Gasteiger partial charge on any atom is -0.395 e. The van der Waals surface area contributed by atoms with Gasteiger partial charge in [0.15, 0.2) is 0 Å². The lowest BCUT2D eigenvalue weighted by Gasteiger charge is -2.52. The van der Waals surface area contributed by atoms with Crippen LogP contribution in [0.1, 0.15) is 27.7 Å². The van der Waals surface area contributed by atoms with E-state index in [-0.39, 0.29) is 0 Å². The Kier molecular flexibility index (Phi) is 7.23. The first-order valence-corrected chi connectivity index (χ1v) is 6.93. The van der Waals surface area contributed by atoms with Crippen LogP contribution in [0, 0.1) is 10.8 Å². The molecule has 0 aromatic carbocycles. The quantitative estimate of drug-likeness (QED) is 0.289. The second-order valence-electron chi connectivity index (χ2n) is 6.63. The SMILES string of the molecule is CC(C)(OC(C)(C)C(CO)(CO)CO)C(CO)(CO)CO. The molecule has 0 amide bonds. The van der Waals surface area contributed by atoms with Crippen LogP contribution in [0.5, 0.6) is 0 Å². The molecule has 0 aromatic heterocycles. The monoisotopic (exact) mass is 310 g/mol. The zero-order valence-electron chi connectivity index (χ0n) is 13.3. The fourth-order valence-electron chi connectivity index (χ4n) is 2.30. The summed E-state index contributed by atoms with van der Waals surface area (Å²) in [5, 5.41) is 57.2. The number of hydrogen-bond donors (Lipinski definition) is 6. The van der Waals surface area contributed by atoms with Gasteiger partial charge in [-0.25, -0.2) is 0 Å². The van der Waals surface area contributed by atoms with Crippen LogP contribution in [-0.4, -0.2) is 81.5 Å². The third kappa shape index (κ3) is 3.56. The Morgan fingerprint density at radius 1 is 0.524 bits per heavy atom. The van der Waals surface area contributed by atoms with E-state index in [2.05, 4.69) is 0 Å². The summed E-state index contributed by atoms with van der Waals surface area (Å²) in [6, 6.07) is 0. The summed E-state index contributed by atoms with van der Waals surface area (Å²) in [4.78, 5) is 0. The first-order chi connectivity index (χ1) is 9.57. The van der Waals surface area contributed by atoms with E-state index in [1.807, 2.05) is 0 Å². The van der Waals surface area contributed by atoms with Crippen molar-refractivity contribution in [2.75, 3.05) is 39.6 Å². The molecule has 0 bridgehead atoms. The number of aliphatic hydroxyl groups is 6. The molecule has 0 rings (SSSR count). The average Bonchev–Trinajstić information content (AvgIpc) is 2.42. The van der Waals surface area contributed by atoms with Crippen LogP contribution < -0.4 is 0 Å². The maximum Gasteiger partial charge on any atom is 0.0756 e. The first kappa shape index (κ1) is 20.7. The molecule has 128 valence electrons. The maximum absolute atomic E-state index is 9.54. The van der Waals surface area contributed by atoms with E-state index in [0.717, 1.165) is 0 Å². The predicted molar refractivity (Wildman–Crippen MR) is 76.6 cm³/mol. The van der Waals surface area contributed by atoms with Gasteiger partial charge in [-0.05, 0) is 27.7 Å². The van der Waals surface area contributed by atoms with Crippen molar-refractivity contribution in [2.24, 2.45) is 10.8 Å². The molecule has 0 fully saturated rings. The summed E-state index contributed by atoms with van der Waals surface area (Å²) in [5.41, 5.74) is -4.98. The Morgan fingerprint density at radius 2 is 0.714 bits per heavy atom. The lowest BCUT2D eigenvalue weighted by atomic mass is 9.71. The van der Waals surface area contributed by atoms with Gasteiger partial charge < -0.3 is 35.4 Å². The largest absolute Gasteiger partial charge is 0.395 e. The molecule has 7 heteroatoms. The Morgan fingerprint density at radius 3 is 0.857 bits per heavy atom. The molecule has 0 aliphatic rings. The van der Waals surface area contributed by atoms with Gasteiger partial charge in [0.2, 0.25) is 0 Å². The molecule has 6 N–H and O–H groups in total. The Hall–Kier alpha value is -0.280. The van der Waals surface area contributed by atoms with Crippen molar-refractivity contribution in [3.05, 3.63) is 0 Å². The zero-order chi connectivity index (χ0) is 16.9. The maximum atomic E-state index is 9.54. The van der Waals surface area contributed by atoms with E-state index in [1.165, 1.54) is 0 Å². The van der Waals surface area contributed by atoms with Crippen LogP contribution in [0.3, 0.4) is 0 Å². The summed E-state index contributed by atoms with van der Waals surface area (Å²) in [7, 11) is 0. The fourth-order valence-corrected chi connectivity index (χ4v) is 2.30. The smallest absolute Gasteiger partial charge is 0.0756 e. The predicted octanol–water partition coefficient (Wildman–Crippen LogP) is -1.51. The molecule has 0 aliphatic heterocycles. The van der Waals surface area contributed by atoms with Crippen LogP contribution in [0.4, 0.5) is 0 Å². The molecule has 0 spiro atoms. The average molecular weight is 310 g/mol. The lowest BCUT2D eigenvalue weighted by Crippen LogP contribution is -2.62. The normalized spacial score (nSPS) is 14.6. The highest BCUT2D eigenvalue weighted by Crippen LogP contribution is 2.42. The van der Waals surface area contributed by atoms with Crippen LogP contribution in [0.15, 0.2) is 0 Å². The number of hydrogen-bond acceptors (Lipinski definition) is 7. The Bertz CT molecular complexity index is 260. The lowest BCUT2D eigenvalue weighted by molar-refractivity contribution is -0.262. The van der Waals surface area contributed by atoms with Gasteiger partial charge in [-0.1, -0.05) is 0 Å². The molecule has 0 aliphatic carbocycles. The second kappa shape index (κ2) is 7.32. The number of aliphatic hydroxyl groups excluding tert-OH is 6. The van der Waals surface area contributed by atoms with Crippen molar-refractivity contribution in [3.63, 3.8) is 0 Å². The minimum atomic E-state index is -1.31. The van der Waals surface area contributed by atoms with Gasteiger partial charge in [-0.3, -0.25) is 0 Å². The highest BCUT2D eigenvalue weighted by molar-refractivity contribution is 5.00. The molecule has 0 unspecified atom stereocenters. The standard InChI is InChI=1S/C14H30O7/c1-11(2,13(5-15,6-16)7-17)21-12(3,4)14(8-18,9-19)10-20/h15-20H,5-10H2,1-4H3. The van der Waals surface area contributed by atoms with Crippen LogP contribution in [0.25, 0.3) is 0 Å². The first-order valence-electron chi connectivity index (χ1n) is 6.93. The van der Waals surface area contributed by atoms with Crippen LogP contribution in [0.2, 0.25) is 0 Å². The van der Waals surface area contributed by atoms with E-state index in [4.69, 9.17) is 4.74 Å². The summed E-state index contributed by atoms with van der Waals surface area (Å²) >= 11 is 0. The third-order valence-corrected chi connectivity index (χ3v) is 4.88. The molecule has 0 heterocycles. The van der Waals surface area contributed by atoms with Gasteiger partial charge in [-0.15, -0.1) is 0 Å². The molecule has 21 heavy (non-hydrogen) atoms. The van der Waals surface area contributed by atoms with Crippen LogP contribution >= 0.6 is 0 Å². The van der Waals surface area contributed by atoms with Crippen molar-refractivity contribution < 1.29 is 35.4 Å². The van der Waals surface area contributed by atoms with Gasteiger partial charge >= 0.3 is 0 Å². The fraction of sp³-hybridized carbons (Fsp3) is 1.00. The zero-order valence-corrected chi connectivity index (χ0v) is 13.3.